The monoisotopic (exact) mass is 577 g/mol. The second kappa shape index (κ2) is 9.67. The van der Waals surface area contributed by atoms with Crippen LogP contribution in [0, 0.1) is 11.6 Å². The molecule has 2 aromatic heterocycles. The molecule has 4 aliphatic rings. The summed E-state index contributed by atoms with van der Waals surface area (Å²) in [5.74, 6) is -0.958. The van der Waals surface area contributed by atoms with Crippen molar-refractivity contribution in [2.45, 2.75) is 56.0 Å². The van der Waals surface area contributed by atoms with Gasteiger partial charge in [-0.1, -0.05) is 12.1 Å². The predicted octanol–water partition coefficient (Wildman–Crippen LogP) is 5.15. The van der Waals surface area contributed by atoms with Crippen LogP contribution >= 0.6 is 0 Å². The summed E-state index contributed by atoms with van der Waals surface area (Å²) in [6, 6.07) is 7.21. The zero-order valence-electron chi connectivity index (χ0n) is 22.9. The maximum atomic E-state index is 16.5. The van der Waals surface area contributed by atoms with E-state index in [9.17, 15) is 9.50 Å². The van der Waals surface area contributed by atoms with Gasteiger partial charge in [-0.3, -0.25) is 9.88 Å². The molecule has 0 spiro atoms. The maximum absolute atomic E-state index is 16.5. The Balaban J connectivity index is 1.26. The Kier molecular flexibility index (Phi) is 5.98. The minimum Gasteiger partial charge on any atom is -0.508 e. The minimum atomic E-state index is -0.908. The molecule has 4 saturated heterocycles. The van der Waals surface area contributed by atoms with Gasteiger partial charge in [-0.2, -0.15) is 9.97 Å². The number of ether oxygens (including phenoxy) is 2. The van der Waals surface area contributed by atoms with Gasteiger partial charge >= 0.3 is 6.01 Å². The number of phenols is 1. The van der Waals surface area contributed by atoms with Gasteiger partial charge in [-0.25, -0.2) is 13.2 Å². The first-order chi connectivity index (χ1) is 20.4. The minimum absolute atomic E-state index is 0.00266. The van der Waals surface area contributed by atoms with E-state index >= 15 is 8.78 Å². The Morgan fingerprint density at radius 3 is 2.76 bits per heavy atom. The molecule has 1 N–H and O–H groups in total. The zero-order chi connectivity index (χ0) is 28.6. The van der Waals surface area contributed by atoms with Crippen LogP contribution in [-0.2, 0) is 4.74 Å². The number of hydrogen-bond acceptors (Lipinski definition) is 8. The molecule has 4 aliphatic heterocycles. The molecule has 0 unspecified atom stereocenters. The molecular weight excluding hydrogens is 547 g/mol. The SMILES string of the molecule is Oc1cc(-c2ncc3c(N4C[C@H]5CC[C@@H](C4)O5)nc(OC[C@@]45CCCN4C[C@H](F)C5)nc3c2F)c2c(F)cccc2c1. The Morgan fingerprint density at radius 2 is 1.93 bits per heavy atom. The molecule has 42 heavy (non-hydrogen) atoms. The summed E-state index contributed by atoms with van der Waals surface area (Å²) in [6.07, 6.45) is 4.78. The molecule has 2 bridgehead atoms. The van der Waals surface area contributed by atoms with Crippen LogP contribution in [0.15, 0.2) is 36.5 Å². The van der Waals surface area contributed by atoms with Crippen molar-refractivity contribution in [1.82, 2.24) is 19.9 Å². The molecule has 218 valence electrons. The zero-order valence-corrected chi connectivity index (χ0v) is 22.9. The van der Waals surface area contributed by atoms with Gasteiger partial charge in [0.25, 0.3) is 0 Å². The topological polar surface area (TPSA) is 83.8 Å². The first-order valence-corrected chi connectivity index (χ1v) is 14.6. The third-order valence-electron chi connectivity index (χ3n) is 9.38. The summed E-state index contributed by atoms with van der Waals surface area (Å²) in [5, 5.41) is 11.4. The lowest BCUT2D eigenvalue weighted by Gasteiger charge is -2.34. The van der Waals surface area contributed by atoms with Crippen molar-refractivity contribution in [3.8, 4) is 23.0 Å². The number of pyridine rings is 1. The Bertz CT molecular complexity index is 1710. The predicted molar refractivity (Wildman–Crippen MR) is 151 cm³/mol. The van der Waals surface area contributed by atoms with E-state index in [4.69, 9.17) is 14.5 Å². The Labute approximate surface area is 240 Å². The highest BCUT2D eigenvalue weighted by atomic mass is 19.1. The molecular formula is C31H30F3N5O3. The van der Waals surface area contributed by atoms with Crippen molar-refractivity contribution >= 4 is 27.5 Å². The first-order valence-electron chi connectivity index (χ1n) is 14.6. The van der Waals surface area contributed by atoms with E-state index in [1.54, 1.807) is 6.07 Å². The molecule has 8 rings (SSSR count). The second-order valence-corrected chi connectivity index (χ2v) is 12.1. The number of nitrogens with zero attached hydrogens (tertiary/aromatic N) is 5. The number of aromatic nitrogens is 3. The van der Waals surface area contributed by atoms with E-state index < -0.39 is 23.3 Å². The number of rotatable bonds is 5. The van der Waals surface area contributed by atoms with E-state index in [0.717, 1.165) is 32.2 Å². The average molecular weight is 578 g/mol. The van der Waals surface area contributed by atoms with Crippen LogP contribution < -0.4 is 9.64 Å². The first kappa shape index (κ1) is 26.0. The van der Waals surface area contributed by atoms with Crippen molar-refractivity contribution in [2.75, 3.05) is 37.7 Å². The molecule has 4 atom stereocenters. The number of morpholine rings is 1. The smallest absolute Gasteiger partial charge is 0.319 e. The lowest BCUT2D eigenvalue weighted by atomic mass is 9.95. The van der Waals surface area contributed by atoms with Crippen LogP contribution in [0.2, 0.25) is 0 Å². The molecule has 6 heterocycles. The van der Waals surface area contributed by atoms with Gasteiger partial charge in [0.1, 0.15) is 41.4 Å². The molecule has 0 radical (unpaired) electrons. The number of fused-ring (bicyclic) bond motifs is 5. The van der Waals surface area contributed by atoms with E-state index in [0.29, 0.717) is 42.6 Å². The van der Waals surface area contributed by atoms with E-state index in [-0.39, 0.29) is 52.7 Å². The second-order valence-electron chi connectivity index (χ2n) is 12.1. The molecule has 0 aliphatic carbocycles. The van der Waals surface area contributed by atoms with Crippen molar-refractivity contribution in [2.24, 2.45) is 0 Å². The summed E-state index contributed by atoms with van der Waals surface area (Å²) in [4.78, 5) is 17.9. The number of phenolic OH excluding ortho intramolecular Hbond substituents is 1. The fourth-order valence-electron chi connectivity index (χ4n) is 7.50. The highest BCUT2D eigenvalue weighted by Gasteiger charge is 2.49. The quantitative estimate of drug-likeness (QED) is 0.349. The van der Waals surface area contributed by atoms with E-state index in [1.165, 1.54) is 30.5 Å². The summed E-state index contributed by atoms with van der Waals surface area (Å²) in [7, 11) is 0. The van der Waals surface area contributed by atoms with Crippen molar-refractivity contribution < 1.29 is 27.8 Å². The molecule has 4 fully saturated rings. The highest BCUT2D eigenvalue weighted by molar-refractivity contribution is 6.00. The average Bonchev–Trinajstić information content (AvgIpc) is 3.61. The molecule has 2 aromatic carbocycles. The van der Waals surface area contributed by atoms with E-state index in [1.807, 2.05) is 0 Å². The summed E-state index contributed by atoms with van der Waals surface area (Å²) in [5.41, 5.74) is -0.448. The van der Waals surface area contributed by atoms with Crippen LogP contribution in [-0.4, -0.2) is 81.7 Å². The van der Waals surface area contributed by atoms with Crippen LogP contribution in [0.3, 0.4) is 0 Å². The number of halogens is 3. The number of hydrogen-bond donors (Lipinski definition) is 1. The number of benzene rings is 2. The van der Waals surface area contributed by atoms with Crippen molar-refractivity contribution in [3.63, 3.8) is 0 Å². The Hall–Kier alpha value is -3.70. The van der Waals surface area contributed by atoms with Gasteiger partial charge in [-0.15, -0.1) is 0 Å². The van der Waals surface area contributed by atoms with Crippen LogP contribution in [0.5, 0.6) is 11.8 Å². The summed E-state index contributed by atoms with van der Waals surface area (Å²) >= 11 is 0. The van der Waals surface area contributed by atoms with Gasteiger partial charge in [0.2, 0.25) is 0 Å². The number of alkyl halides is 1. The van der Waals surface area contributed by atoms with Crippen molar-refractivity contribution in [3.05, 3.63) is 48.2 Å². The largest absolute Gasteiger partial charge is 0.508 e. The third kappa shape index (κ3) is 4.16. The number of anilines is 1. The summed E-state index contributed by atoms with van der Waals surface area (Å²) < 4.78 is 58.1. The lowest BCUT2D eigenvalue weighted by Crippen LogP contribution is -2.44. The lowest BCUT2D eigenvalue weighted by molar-refractivity contribution is 0.0302. The van der Waals surface area contributed by atoms with E-state index in [2.05, 4.69) is 19.8 Å². The fraction of sp³-hybridized carbons (Fsp3) is 0.452. The number of aromatic hydroxyl groups is 1. The highest BCUT2D eigenvalue weighted by Crippen LogP contribution is 2.42. The Morgan fingerprint density at radius 1 is 1.10 bits per heavy atom. The molecule has 0 saturated carbocycles. The molecule has 4 aromatic rings. The van der Waals surface area contributed by atoms with Crippen molar-refractivity contribution in [1.29, 1.82) is 0 Å². The molecule has 8 nitrogen and oxygen atoms in total. The van der Waals surface area contributed by atoms with Crippen LogP contribution in [0.25, 0.3) is 32.9 Å². The normalized spacial score (nSPS) is 27.3. The van der Waals surface area contributed by atoms with Crippen LogP contribution in [0.4, 0.5) is 19.0 Å². The van der Waals surface area contributed by atoms with Crippen LogP contribution in [0.1, 0.15) is 32.1 Å². The van der Waals surface area contributed by atoms with Gasteiger partial charge < -0.3 is 19.5 Å². The summed E-state index contributed by atoms with van der Waals surface area (Å²) in [6.45, 7) is 2.60. The van der Waals surface area contributed by atoms with Gasteiger partial charge in [0.05, 0.1) is 23.1 Å². The van der Waals surface area contributed by atoms with Gasteiger partial charge in [0, 0.05) is 43.2 Å². The fourth-order valence-corrected chi connectivity index (χ4v) is 7.50. The maximum Gasteiger partial charge on any atom is 0.319 e. The third-order valence-corrected chi connectivity index (χ3v) is 9.38. The van der Waals surface area contributed by atoms with Gasteiger partial charge in [0.15, 0.2) is 5.82 Å². The molecule has 11 heteroatoms. The van der Waals surface area contributed by atoms with Gasteiger partial charge in [-0.05, 0) is 55.8 Å². The standard InChI is InChI=1S/C31H30F3N5O3/c32-18-11-31(7-2-8-39(31)13-18)16-41-30-36-28-23(29(37-30)38-14-20-5-6-21(15-38)42-20)12-35-27(26(28)34)22-10-19(40)9-17-3-1-4-24(33)25(17)22/h1,3-4,9-10,12,18,20-21,40H,2,5-8,11,13-16H2/t18-,20-,21+,31+/m1/s1. The molecule has 0 amide bonds.